The molecule has 12 nitrogen and oxygen atoms in total. The van der Waals surface area contributed by atoms with Gasteiger partial charge in [0.1, 0.15) is 12.1 Å². The second kappa shape index (κ2) is 17.0. The number of para-hydroxylation sites is 1. The molecule has 6 rings (SSSR count). The zero-order chi connectivity index (χ0) is 39.1. The van der Waals surface area contributed by atoms with Crippen molar-refractivity contribution in [2.24, 2.45) is 5.73 Å². The number of sulfonamides is 1. The summed E-state index contributed by atoms with van der Waals surface area (Å²) in [5.41, 5.74) is 11.6. The van der Waals surface area contributed by atoms with Crippen LogP contribution in [0.15, 0.2) is 120 Å². The molecule has 13 heteroatoms. The average Bonchev–Trinajstić information content (AvgIpc) is 3.86. The Bertz CT molecular complexity index is 2360. The van der Waals surface area contributed by atoms with Gasteiger partial charge >= 0.3 is 0 Å². The summed E-state index contributed by atoms with van der Waals surface area (Å²) in [5.74, 6) is -2.60. The van der Waals surface area contributed by atoms with Gasteiger partial charge in [-0.2, -0.15) is 0 Å². The lowest BCUT2D eigenvalue weighted by molar-refractivity contribution is -0.137. The second-order valence-electron chi connectivity index (χ2n) is 13.6. The summed E-state index contributed by atoms with van der Waals surface area (Å²) >= 11 is 0. The minimum atomic E-state index is -4.60. The molecule has 55 heavy (non-hydrogen) atoms. The van der Waals surface area contributed by atoms with Crippen molar-refractivity contribution in [2.75, 3.05) is 19.4 Å². The van der Waals surface area contributed by atoms with E-state index in [1.54, 1.807) is 48.7 Å². The smallest absolute Gasteiger partial charge is 0.259 e. The number of likely N-dealkylation sites (N-methyl/N-ethyl adjacent to an activating group) is 1. The lowest BCUT2D eigenvalue weighted by Crippen LogP contribution is -2.59. The van der Waals surface area contributed by atoms with Crippen molar-refractivity contribution in [3.8, 4) is 11.3 Å². The number of fused-ring (bicyclic) bond motifs is 1. The lowest BCUT2D eigenvalue weighted by Gasteiger charge is -2.35. The van der Waals surface area contributed by atoms with Crippen LogP contribution in [-0.2, 0) is 43.8 Å². The van der Waals surface area contributed by atoms with Crippen LogP contribution in [0, 0.1) is 13.8 Å². The molecule has 0 saturated carbocycles. The number of amides is 3. The Morgan fingerprint density at radius 3 is 2.22 bits per heavy atom. The van der Waals surface area contributed by atoms with Crippen LogP contribution in [0.3, 0.4) is 0 Å². The monoisotopic (exact) mass is 761 g/mol. The van der Waals surface area contributed by atoms with E-state index in [0.717, 1.165) is 33.2 Å². The number of carbonyl (C=O) groups excluding carboxylic acids is 3. The first kappa shape index (κ1) is 38.7. The van der Waals surface area contributed by atoms with Gasteiger partial charge in [-0.25, -0.2) is 12.7 Å². The van der Waals surface area contributed by atoms with Gasteiger partial charge in [0.2, 0.25) is 15.9 Å². The normalized spacial score (nSPS) is 12.6. The number of nitrogens with two attached hydrogens (primary N) is 1. The highest BCUT2D eigenvalue weighted by atomic mass is 32.2. The third-order valence-corrected chi connectivity index (χ3v) is 11.2. The molecule has 4 aromatic carbocycles. The Kier molecular flexibility index (Phi) is 11.9. The third-order valence-electron chi connectivity index (χ3n) is 9.46. The fourth-order valence-electron chi connectivity index (χ4n) is 6.69. The quantitative estimate of drug-likeness (QED) is 0.120. The summed E-state index contributed by atoms with van der Waals surface area (Å²) < 4.78 is 40.6. The van der Waals surface area contributed by atoms with E-state index in [1.807, 2.05) is 74.5 Å². The highest BCUT2D eigenvalue weighted by Gasteiger charge is 2.43. The van der Waals surface area contributed by atoms with Crippen LogP contribution in [0.1, 0.15) is 38.2 Å². The van der Waals surface area contributed by atoms with Gasteiger partial charge in [0, 0.05) is 54.2 Å². The number of nitrogens with zero attached hydrogens (tertiary/aromatic N) is 3. The first-order valence-corrected chi connectivity index (χ1v) is 19.4. The topological polar surface area (TPSA) is 169 Å². The largest absolute Gasteiger partial charge is 0.376 e. The number of benzene rings is 4. The van der Waals surface area contributed by atoms with Crippen LogP contribution in [0.25, 0.3) is 22.2 Å². The summed E-state index contributed by atoms with van der Waals surface area (Å²) in [6, 6.07) is 27.7. The maximum Gasteiger partial charge on any atom is 0.259 e. The first-order valence-electron chi connectivity index (χ1n) is 17.8. The third kappa shape index (κ3) is 9.19. The predicted octanol–water partition coefficient (Wildman–Crippen LogP) is 5.59. The number of primary amides is 1. The molecule has 284 valence electrons. The van der Waals surface area contributed by atoms with Crippen molar-refractivity contribution >= 4 is 38.6 Å². The molecule has 0 fully saturated rings. The summed E-state index contributed by atoms with van der Waals surface area (Å²) in [6.07, 6.45) is 2.90. The minimum Gasteiger partial charge on any atom is -0.376 e. The van der Waals surface area contributed by atoms with Gasteiger partial charge in [0.15, 0.2) is 5.76 Å². The molecule has 2 atom stereocenters. The molecule has 3 amide bonds. The molecule has 0 bridgehead atoms. The fraction of sp³-hybridized carbons (Fsp3) is 0.238. The number of hydrogen-bond acceptors (Lipinski definition) is 8. The molecule has 0 radical (unpaired) electrons. The Labute approximate surface area is 319 Å². The number of nitrogens with one attached hydrogen (secondary N) is 1. The first-order chi connectivity index (χ1) is 26.4. The Hall–Kier alpha value is -6.05. The summed E-state index contributed by atoms with van der Waals surface area (Å²) in [6.45, 7) is 3.58. The van der Waals surface area contributed by atoms with E-state index >= 15 is 4.79 Å². The Balaban J connectivity index is 1.39. The molecular weight excluding hydrogens is 719 g/mol. The van der Waals surface area contributed by atoms with E-state index < -0.39 is 45.6 Å². The SMILES string of the molecule is Cc1cc(C)cc(C(=O)N(C)[C@@H](Cc2ccc(-c3ccno3)cc2)C(=O)N([C@@H](Cc2c[nH]c3ccccc23)C(N)=O)S(=O)(=O)CCOCc2ccccc2)c1. The summed E-state index contributed by atoms with van der Waals surface area (Å²) in [4.78, 5) is 47.1. The molecule has 0 aliphatic rings. The number of rotatable bonds is 16. The van der Waals surface area contributed by atoms with E-state index in [-0.39, 0.29) is 26.1 Å². The van der Waals surface area contributed by atoms with E-state index in [1.165, 1.54) is 18.1 Å². The average molecular weight is 762 g/mol. The minimum absolute atomic E-state index is 0.0857. The highest BCUT2D eigenvalue weighted by Crippen LogP contribution is 2.26. The van der Waals surface area contributed by atoms with Crippen LogP contribution in [-0.4, -0.2) is 77.0 Å². The zero-order valence-electron chi connectivity index (χ0n) is 30.8. The molecular formula is C42H43N5O7S. The molecule has 6 aromatic rings. The van der Waals surface area contributed by atoms with Gasteiger partial charge in [-0.1, -0.05) is 95.1 Å². The standard InChI is InChI=1S/C42H43N5O7S/c1-28-21-29(2)23-33(22-28)41(49)46(3)38(24-30-13-15-32(16-14-30)39-17-18-45-54-39)42(50)47(55(51,52)20-19-53-27-31-9-5-4-6-10-31)37(40(43)48)25-34-26-44-36-12-8-7-11-35(34)36/h4-18,21-23,26,37-38,44H,19-20,24-25,27H2,1-3H3,(H2,43,48)/t37-,38-/m0/s1. The Morgan fingerprint density at radius 1 is 0.855 bits per heavy atom. The van der Waals surface area contributed by atoms with Gasteiger partial charge in [0.25, 0.3) is 11.8 Å². The van der Waals surface area contributed by atoms with Gasteiger partial charge in [-0.15, -0.1) is 0 Å². The number of ether oxygens (including phenoxy) is 1. The van der Waals surface area contributed by atoms with Crippen molar-refractivity contribution in [1.29, 1.82) is 0 Å². The molecule has 0 aliphatic carbocycles. The molecule has 0 aliphatic heterocycles. The molecule has 2 heterocycles. The molecule has 0 spiro atoms. The van der Waals surface area contributed by atoms with Gasteiger partial charge < -0.3 is 24.9 Å². The maximum absolute atomic E-state index is 15.1. The molecule has 2 aromatic heterocycles. The summed E-state index contributed by atoms with van der Waals surface area (Å²) in [7, 11) is -3.14. The zero-order valence-corrected chi connectivity index (χ0v) is 31.7. The van der Waals surface area contributed by atoms with Crippen LogP contribution < -0.4 is 5.73 Å². The van der Waals surface area contributed by atoms with Crippen molar-refractivity contribution < 1.29 is 32.1 Å². The molecule has 0 unspecified atom stereocenters. The Morgan fingerprint density at radius 2 is 1.55 bits per heavy atom. The van der Waals surface area contributed by atoms with E-state index in [2.05, 4.69) is 10.1 Å². The van der Waals surface area contributed by atoms with Crippen LogP contribution in [0.2, 0.25) is 0 Å². The van der Waals surface area contributed by atoms with Crippen molar-refractivity contribution in [2.45, 2.75) is 45.4 Å². The van der Waals surface area contributed by atoms with Crippen molar-refractivity contribution in [1.82, 2.24) is 19.3 Å². The number of aromatic amines is 1. The fourth-order valence-corrected chi connectivity index (χ4v) is 8.18. The van der Waals surface area contributed by atoms with Crippen molar-refractivity contribution in [3.63, 3.8) is 0 Å². The highest BCUT2D eigenvalue weighted by molar-refractivity contribution is 7.89. The van der Waals surface area contributed by atoms with Crippen LogP contribution >= 0.6 is 0 Å². The van der Waals surface area contributed by atoms with Crippen molar-refractivity contribution in [3.05, 3.63) is 149 Å². The van der Waals surface area contributed by atoms with Gasteiger partial charge in [-0.3, -0.25) is 14.4 Å². The van der Waals surface area contributed by atoms with Crippen LogP contribution in [0.5, 0.6) is 0 Å². The van der Waals surface area contributed by atoms with Gasteiger partial charge in [0.05, 0.1) is 25.2 Å². The molecule has 0 saturated heterocycles. The number of carbonyl (C=O) groups is 3. The number of aryl methyl sites for hydroxylation is 2. The number of H-pyrrole nitrogens is 1. The second-order valence-corrected chi connectivity index (χ2v) is 15.5. The maximum atomic E-state index is 15.1. The van der Waals surface area contributed by atoms with Gasteiger partial charge in [-0.05, 0) is 48.7 Å². The van der Waals surface area contributed by atoms with Crippen LogP contribution in [0.4, 0.5) is 0 Å². The number of aromatic nitrogens is 2. The lowest BCUT2D eigenvalue weighted by atomic mass is 9.99. The van der Waals surface area contributed by atoms with E-state index in [9.17, 15) is 18.0 Å². The summed E-state index contributed by atoms with van der Waals surface area (Å²) in [5, 5.41) is 4.51. The van der Waals surface area contributed by atoms with E-state index in [0.29, 0.717) is 26.8 Å². The number of hydrogen-bond donors (Lipinski definition) is 2. The predicted molar refractivity (Wildman–Crippen MR) is 209 cm³/mol. The van der Waals surface area contributed by atoms with E-state index in [4.69, 9.17) is 15.0 Å². The molecule has 3 N–H and O–H groups in total.